The highest BCUT2D eigenvalue weighted by molar-refractivity contribution is 7.99. The fraction of sp³-hybridized carbons (Fsp3) is 0.655. The average Bonchev–Trinajstić information content (AvgIpc) is 3.53. The Morgan fingerprint density at radius 2 is 2.02 bits per heavy atom. The zero-order chi connectivity index (χ0) is 29.3. The molecule has 2 spiro atoms. The van der Waals surface area contributed by atoms with Crippen molar-refractivity contribution in [2.75, 3.05) is 56.4 Å². The van der Waals surface area contributed by atoms with E-state index in [-0.39, 0.29) is 30.1 Å². The van der Waals surface area contributed by atoms with Crippen LogP contribution < -0.4 is 20.3 Å². The van der Waals surface area contributed by atoms with E-state index in [0.717, 1.165) is 92.3 Å². The molecule has 3 saturated heterocycles. The molecule has 0 radical (unpaired) electrons. The van der Waals surface area contributed by atoms with Gasteiger partial charge in [0.2, 0.25) is 0 Å². The van der Waals surface area contributed by atoms with Gasteiger partial charge in [-0.1, -0.05) is 11.8 Å². The Balaban J connectivity index is 0.00000101. The normalized spacial score (nSPS) is 26.6. The second kappa shape index (κ2) is 12.1. The first kappa shape index (κ1) is 29.4. The Morgan fingerprint density at radius 3 is 2.69 bits per heavy atom. The zero-order valence-corrected chi connectivity index (χ0v) is 24.8. The third-order valence-electron chi connectivity index (χ3n) is 9.74. The van der Waals surface area contributed by atoms with Crippen molar-refractivity contribution in [3.63, 3.8) is 0 Å². The molecule has 1 saturated carbocycles. The minimum atomic E-state index is -0.250. The molecular formula is C29H40N6O6S. The van der Waals surface area contributed by atoms with Gasteiger partial charge in [-0.2, -0.15) is 0 Å². The van der Waals surface area contributed by atoms with Crippen LogP contribution in [0.3, 0.4) is 0 Å². The summed E-state index contributed by atoms with van der Waals surface area (Å²) in [5.41, 5.74) is 7.36. The van der Waals surface area contributed by atoms with Crippen LogP contribution in [0.15, 0.2) is 28.4 Å². The number of hydrogen-bond donors (Lipinski definition) is 3. The molecule has 0 amide bonds. The molecule has 0 unspecified atom stereocenters. The molecule has 228 valence electrons. The van der Waals surface area contributed by atoms with E-state index in [1.807, 2.05) is 12.3 Å². The smallest absolute Gasteiger partial charge is 0.290 e. The van der Waals surface area contributed by atoms with E-state index in [4.69, 9.17) is 39.8 Å². The number of ether oxygens (including phenoxy) is 3. The highest BCUT2D eigenvalue weighted by atomic mass is 32.2. The lowest BCUT2D eigenvalue weighted by Gasteiger charge is -2.47. The first-order valence-electron chi connectivity index (χ1n) is 14.7. The Bertz CT molecular complexity index is 1270. The third kappa shape index (κ3) is 5.19. The van der Waals surface area contributed by atoms with Gasteiger partial charge in [-0.3, -0.25) is 4.79 Å². The van der Waals surface area contributed by atoms with Crippen molar-refractivity contribution in [2.45, 2.75) is 72.7 Å². The molecule has 4 fully saturated rings. The summed E-state index contributed by atoms with van der Waals surface area (Å²) in [7, 11) is 1.76. The van der Waals surface area contributed by atoms with Crippen molar-refractivity contribution < 1.29 is 29.2 Å². The second-order valence-electron chi connectivity index (χ2n) is 12.0. The number of aromatic nitrogens is 3. The van der Waals surface area contributed by atoms with Crippen LogP contribution in [0, 0.1) is 11.3 Å². The average molecular weight is 601 g/mol. The van der Waals surface area contributed by atoms with E-state index in [0.29, 0.717) is 24.3 Å². The zero-order valence-electron chi connectivity index (χ0n) is 24.0. The summed E-state index contributed by atoms with van der Waals surface area (Å²) in [5.74, 6) is 2.94. The lowest BCUT2D eigenvalue weighted by atomic mass is 9.64. The molecular weight excluding hydrogens is 560 g/mol. The summed E-state index contributed by atoms with van der Waals surface area (Å²) < 4.78 is 17.9. The second-order valence-corrected chi connectivity index (χ2v) is 13.1. The summed E-state index contributed by atoms with van der Waals surface area (Å²) in [6.45, 7) is 4.36. The van der Waals surface area contributed by atoms with Crippen LogP contribution in [0.2, 0.25) is 0 Å². The molecule has 4 N–H and O–H groups in total. The Hall–Kier alpha value is -2.71. The number of methoxy groups -OCH3 is 1. The molecule has 12 nitrogen and oxygen atoms in total. The molecule has 13 heteroatoms. The maximum atomic E-state index is 10.2. The lowest BCUT2D eigenvalue weighted by molar-refractivity contribution is -0.122. The van der Waals surface area contributed by atoms with Crippen LogP contribution in [0.25, 0.3) is 0 Å². The first-order chi connectivity index (χ1) is 20.5. The third-order valence-corrected chi connectivity index (χ3v) is 10.7. The number of aliphatic hydroxyl groups is 1. The molecule has 6 heterocycles. The van der Waals surface area contributed by atoms with Crippen LogP contribution in [-0.4, -0.2) is 95.9 Å². The molecule has 42 heavy (non-hydrogen) atoms. The number of anilines is 2. The predicted octanol–water partition coefficient (Wildman–Crippen LogP) is 2.32. The SMILES string of the molecule is COC[C@H]1C[C@H]2COc3c(Sc4cnc(N5CCC6(CC5)COC5(CCC5)[C@H]6N)c(CO)n4)ccnc3N2C1.O=CO. The largest absolute Gasteiger partial charge is 0.486 e. The number of hydrogen-bond acceptors (Lipinski definition) is 12. The number of nitrogens with two attached hydrogens (primary N) is 1. The number of nitrogens with zero attached hydrogens (tertiary/aromatic N) is 5. The minimum Gasteiger partial charge on any atom is -0.486 e. The predicted molar refractivity (Wildman–Crippen MR) is 156 cm³/mol. The van der Waals surface area contributed by atoms with E-state index in [1.54, 1.807) is 13.3 Å². The Kier molecular flexibility index (Phi) is 8.47. The van der Waals surface area contributed by atoms with Crippen molar-refractivity contribution in [3.8, 4) is 5.75 Å². The van der Waals surface area contributed by atoms with Gasteiger partial charge >= 0.3 is 0 Å². The molecule has 0 bridgehead atoms. The number of piperidine rings is 1. The van der Waals surface area contributed by atoms with Gasteiger partial charge in [0.15, 0.2) is 17.4 Å². The van der Waals surface area contributed by atoms with Crippen molar-refractivity contribution in [1.82, 2.24) is 15.0 Å². The standard InChI is InChI=1S/C28H38N6O4S.CH2O2/c1-36-15-18-11-19-16-37-23-21(3-8-30-25(23)34(19)13-18)39-22-12-31-24(20(14-35)32-22)33-9-6-27(7-10-33)17-38-28(26(27)29)4-2-5-28;2-1-3/h3,8,12,18-19,26,35H,2,4-7,9-11,13-17,29H2,1H3;1H,(H,2,3)/t18-,19-,26-;/m0./s1. The maximum Gasteiger partial charge on any atom is 0.290 e. The number of aliphatic hydroxyl groups excluding tert-OH is 1. The Morgan fingerprint density at radius 1 is 1.24 bits per heavy atom. The maximum absolute atomic E-state index is 10.2. The van der Waals surface area contributed by atoms with E-state index in [1.165, 1.54) is 18.2 Å². The van der Waals surface area contributed by atoms with Crippen molar-refractivity contribution in [1.29, 1.82) is 0 Å². The van der Waals surface area contributed by atoms with Crippen molar-refractivity contribution >= 4 is 29.9 Å². The monoisotopic (exact) mass is 600 g/mol. The fourth-order valence-corrected chi connectivity index (χ4v) is 8.23. The van der Waals surface area contributed by atoms with Gasteiger partial charge in [0.1, 0.15) is 17.3 Å². The molecule has 7 rings (SSSR count). The molecule has 4 aliphatic heterocycles. The number of carboxylic acid groups (broad SMARTS) is 1. The van der Waals surface area contributed by atoms with Gasteiger partial charge in [-0.15, -0.1) is 0 Å². The summed E-state index contributed by atoms with van der Waals surface area (Å²) >= 11 is 1.50. The minimum absolute atomic E-state index is 0.0535. The number of fused-ring (bicyclic) bond motifs is 3. The quantitative estimate of drug-likeness (QED) is 0.416. The summed E-state index contributed by atoms with van der Waals surface area (Å²) in [6, 6.07) is 2.41. The van der Waals surface area contributed by atoms with Crippen LogP contribution in [0.4, 0.5) is 11.6 Å². The molecule has 0 aromatic carbocycles. The molecule has 1 aliphatic carbocycles. The highest BCUT2D eigenvalue weighted by Crippen LogP contribution is 2.53. The number of carbonyl (C=O) groups is 1. The van der Waals surface area contributed by atoms with Crippen molar-refractivity contribution in [3.05, 3.63) is 24.2 Å². The van der Waals surface area contributed by atoms with E-state index in [2.05, 4.69) is 14.8 Å². The first-order valence-corrected chi connectivity index (χ1v) is 15.5. The number of pyridine rings is 1. The van der Waals surface area contributed by atoms with Gasteiger partial charge in [0, 0.05) is 50.3 Å². The van der Waals surface area contributed by atoms with E-state index >= 15 is 0 Å². The fourth-order valence-electron chi connectivity index (χ4n) is 7.37. The van der Waals surface area contributed by atoms with E-state index < -0.39 is 0 Å². The topological polar surface area (TPSA) is 156 Å². The molecule has 3 atom stereocenters. The summed E-state index contributed by atoms with van der Waals surface area (Å²) in [5, 5.41) is 17.8. The molecule has 2 aromatic heterocycles. The van der Waals surface area contributed by atoms with Crippen LogP contribution in [0.1, 0.15) is 44.2 Å². The van der Waals surface area contributed by atoms with Crippen LogP contribution in [-0.2, 0) is 20.9 Å². The highest BCUT2D eigenvalue weighted by Gasteiger charge is 2.59. The Labute approximate surface area is 249 Å². The van der Waals surface area contributed by atoms with Crippen LogP contribution in [0.5, 0.6) is 5.75 Å². The lowest BCUT2D eigenvalue weighted by Crippen LogP contribution is -2.58. The van der Waals surface area contributed by atoms with Gasteiger partial charge in [-0.05, 0) is 44.6 Å². The van der Waals surface area contributed by atoms with Gasteiger partial charge in [-0.25, -0.2) is 15.0 Å². The van der Waals surface area contributed by atoms with Gasteiger partial charge in [0.25, 0.3) is 6.47 Å². The van der Waals surface area contributed by atoms with Crippen molar-refractivity contribution in [2.24, 2.45) is 17.1 Å². The van der Waals surface area contributed by atoms with E-state index in [9.17, 15) is 5.11 Å². The van der Waals surface area contributed by atoms with Gasteiger partial charge < -0.3 is 40.0 Å². The summed E-state index contributed by atoms with van der Waals surface area (Å²) in [4.78, 5) is 28.2. The molecule has 2 aromatic rings. The van der Waals surface area contributed by atoms with Gasteiger partial charge in [0.05, 0.1) is 42.6 Å². The summed E-state index contributed by atoms with van der Waals surface area (Å²) in [6.07, 6.45) is 10.0. The number of rotatable bonds is 6. The van der Waals surface area contributed by atoms with Crippen LogP contribution >= 0.6 is 11.8 Å². The molecule has 5 aliphatic rings.